The molecule has 1 rings (SSSR count). The van der Waals surface area contributed by atoms with Crippen molar-refractivity contribution in [1.29, 1.82) is 0 Å². The minimum absolute atomic E-state index is 0.378. The SMILES string of the molecule is CC(C)COCCN1CCC(N)C(C)C1C. The van der Waals surface area contributed by atoms with Gasteiger partial charge in [-0.1, -0.05) is 20.8 Å². The van der Waals surface area contributed by atoms with Gasteiger partial charge in [0, 0.05) is 31.8 Å². The van der Waals surface area contributed by atoms with Gasteiger partial charge in [0.15, 0.2) is 0 Å². The minimum atomic E-state index is 0.378. The van der Waals surface area contributed by atoms with Crippen LogP contribution in [-0.4, -0.2) is 43.3 Å². The molecular weight excluding hydrogens is 200 g/mol. The largest absolute Gasteiger partial charge is 0.380 e. The first-order chi connectivity index (χ1) is 7.52. The molecule has 1 saturated heterocycles. The summed E-state index contributed by atoms with van der Waals surface area (Å²) in [6.45, 7) is 12.8. The molecule has 1 aliphatic rings. The van der Waals surface area contributed by atoms with Crippen LogP contribution < -0.4 is 5.73 Å². The molecule has 1 heterocycles. The van der Waals surface area contributed by atoms with Crippen molar-refractivity contribution in [2.24, 2.45) is 17.6 Å². The molecule has 0 aliphatic carbocycles. The zero-order valence-corrected chi connectivity index (χ0v) is 11.3. The van der Waals surface area contributed by atoms with Crippen molar-refractivity contribution >= 4 is 0 Å². The maximum Gasteiger partial charge on any atom is 0.0593 e. The van der Waals surface area contributed by atoms with Gasteiger partial charge in [0.25, 0.3) is 0 Å². The second kappa shape index (κ2) is 6.58. The molecule has 0 aromatic heterocycles. The normalized spacial score (nSPS) is 32.2. The molecule has 0 aromatic carbocycles. The monoisotopic (exact) mass is 228 g/mol. The van der Waals surface area contributed by atoms with Crippen LogP contribution in [-0.2, 0) is 4.74 Å². The van der Waals surface area contributed by atoms with Crippen LogP contribution in [0.5, 0.6) is 0 Å². The maximum atomic E-state index is 6.07. The predicted octanol–water partition coefficient (Wildman–Crippen LogP) is 1.72. The van der Waals surface area contributed by atoms with E-state index in [0.717, 1.165) is 32.7 Å². The van der Waals surface area contributed by atoms with Gasteiger partial charge in [-0.2, -0.15) is 0 Å². The van der Waals surface area contributed by atoms with E-state index in [1.165, 1.54) is 0 Å². The average Bonchev–Trinajstić information content (AvgIpc) is 2.23. The lowest BCUT2D eigenvalue weighted by Gasteiger charge is -2.41. The lowest BCUT2D eigenvalue weighted by atomic mass is 9.88. The van der Waals surface area contributed by atoms with Crippen LogP contribution in [0, 0.1) is 11.8 Å². The number of ether oxygens (including phenoxy) is 1. The van der Waals surface area contributed by atoms with E-state index < -0.39 is 0 Å². The zero-order valence-electron chi connectivity index (χ0n) is 11.3. The first-order valence-corrected chi connectivity index (χ1v) is 6.59. The highest BCUT2D eigenvalue weighted by atomic mass is 16.5. The summed E-state index contributed by atoms with van der Waals surface area (Å²) in [4.78, 5) is 2.51. The van der Waals surface area contributed by atoms with E-state index in [2.05, 4.69) is 32.6 Å². The van der Waals surface area contributed by atoms with Crippen LogP contribution in [0.1, 0.15) is 34.1 Å². The molecule has 0 spiro atoms. The molecule has 2 N–H and O–H groups in total. The summed E-state index contributed by atoms with van der Waals surface area (Å²) in [5.41, 5.74) is 6.07. The molecule has 0 aromatic rings. The summed E-state index contributed by atoms with van der Waals surface area (Å²) in [5.74, 6) is 1.23. The molecule has 0 amide bonds. The van der Waals surface area contributed by atoms with Crippen molar-refractivity contribution in [2.45, 2.75) is 46.2 Å². The Morgan fingerprint density at radius 2 is 2.06 bits per heavy atom. The molecular formula is C13H28N2O. The highest BCUT2D eigenvalue weighted by Gasteiger charge is 2.29. The Morgan fingerprint density at radius 1 is 1.38 bits per heavy atom. The third-order valence-corrected chi connectivity index (χ3v) is 3.74. The van der Waals surface area contributed by atoms with Crippen LogP contribution in [0.2, 0.25) is 0 Å². The van der Waals surface area contributed by atoms with Crippen LogP contribution >= 0.6 is 0 Å². The molecule has 3 atom stereocenters. The van der Waals surface area contributed by atoms with E-state index in [9.17, 15) is 0 Å². The first kappa shape index (κ1) is 13.9. The van der Waals surface area contributed by atoms with E-state index in [1.54, 1.807) is 0 Å². The molecule has 3 heteroatoms. The smallest absolute Gasteiger partial charge is 0.0593 e. The summed E-state index contributed by atoms with van der Waals surface area (Å²) < 4.78 is 5.64. The van der Waals surface area contributed by atoms with E-state index in [0.29, 0.717) is 23.9 Å². The van der Waals surface area contributed by atoms with Crippen LogP contribution in [0.15, 0.2) is 0 Å². The number of hydrogen-bond donors (Lipinski definition) is 1. The van der Waals surface area contributed by atoms with E-state index in [-0.39, 0.29) is 0 Å². The molecule has 1 fully saturated rings. The molecule has 0 saturated carbocycles. The van der Waals surface area contributed by atoms with Crippen molar-refractivity contribution < 1.29 is 4.74 Å². The minimum Gasteiger partial charge on any atom is -0.380 e. The lowest BCUT2D eigenvalue weighted by molar-refractivity contribution is 0.0431. The maximum absolute atomic E-state index is 6.07. The Kier molecular flexibility index (Phi) is 5.73. The van der Waals surface area contributed by atoms with E-state index in [1.807, 2.05) is 0 Å². The standard InChI is InChI=1S/C13H28N2O/c1-10(2)9-16-8-7-15-6-5-13(14)11(3)12(15)4/h10-13H,5-9,14H2,1-4H3. The molecule has 16 heavy (non-hydrogen) atoms. The van der Waals surface area contributed by atoms with Gasteiger partial charge in [0.05, 0.1) is 6.61 Å². The third-order valence-electron chi connectivity index (χ3n) is 3.74. The Labute approximate surface area is 100 Å². The molecule has 0 bridgehead atoms. The average molecular weight is 228 g/mol. The highest BCUT2D eigenvalue weighted by Crippen LogP contribution is 2.21. The van der Waals surface area contributed by atoms with Gasteiger partial charge in [-0.05, 0) is 25.2 Å². The molecule has 96 valence electrons. The number of hydrogen-bond acceptors (Lipinski definition) is 3. The summed E-state index contributed by atoms with van der Waals surface area (Å²) in [6.07, 6.45) is 1.12. The topological polar surface area (TPSA) is 38.5 Å². The second-order valence-corrected chi connectivity index (χ2v) is 5.56. The Morgan fingerprint density at radius 3 is 2.69 bits per heavy atom. The van der Waals surface area contributed by atoms with E-state index in [4.69, 9.17) is 10.5 Å². The number of nitrogens with zero attached hydrogens (tertiary/aromatic N) is 1. The third kappa shape index (κ3) is 4.04. The van der Waals surface area contributed by atoms with Crippen molar-refractivity contribution in [2.75, 3.05) is 26.3 Å². The van der Waals surface area contributed by atoms with E-state index >= 15 is 0 Å². The summed E-state index contributed by atoms with van der Waals surface area (Å²) in [7, 11) is 0. The number of rotatable bonds is 5. The first-order valence-electron chi connectivity index (χ1n) is 6.59. The van der Waals surface area contributed by atoms with Gasteiger partial charge in [-0.15, -0.1) is 0 Å². The van der Waals surface area contributed by atoms with Gasteiger partial charge >= 0.3 is 0 Å². The second-order valence-electron chi connectivity index (χ2n) is 5.56. The molecule has 3 unspecified atom stereocenters. The van der Waals surface area contributed by atoms with Gasteiger partial charge in [0.1, 0.15) is 0 Å². The Balaban J connectivity index is 2.21. The van der Waals surface area contributed by atoms with Gasteiger partial charge in [-0.25, -0.2) is 0 Å². The predicted molar refractivity (Wildman–Crippen MR) is 68.4 cm³/mol. The van der Waals surface area contributed by atoms with Gasteiger partial charge in [0.2, 0.25) is 0 Å². The van der Waals surface area contributed by atoms with Crippen LogP contribution in [0.3, 0.4) is 0 Å². The number of nitrogens with two attached hydrogens (primary N) is 1. The molecule has 0 radical (unpaired) electrons. The van der Waals surface area contributed by atoms with Crippen molar-refractivity contribution in [3.05, 3.63) is 0 Å². The fourth-order valence-electron chi connectivity index (χ4n) is 2.29. The summed E-state index contributed by atoms with van der Waals surface area (Å²) in [6, 6.07) is 0.967. The van der Waals surface area contributed by atoms with Gasteiger partial charge < -0.3 is 10.5 Å². The van der Waals surface area contributed by atoms with Crippen LogP contribution in [0.4, 0.5) is 0 Å². The van der Waals surface area contributed by atoms with Gasteiger partial charge in [-0.3, -0.25) is 4.90 Å². The number of likely N-dealkylation sites (tertiary alicyclic amines) is 1. The van der Waals surface area contributed by atoms with Crippen LogP contribution in [0.25, 0.3) is 0 Å². The molecule has 1 aliphatic heterocycles. The summed E-state index contributed by atoms with van der Waals surface area (Å²) >= 11 is 0. The van der Waals surface area contributed by atoms with Crippen molar-refractivity contribution in [3.8, 4) is 0 Å². The number of piperidine rings is 1. The lowest BCUT2D eigenvalue weighted by Crippen LogP contribution is -2.52. The Bertz CT molecular complexity index is 196. The fraction of sp³-hybridized carbons (Fsp3) is 1.00. The Hall–Kier alpha value is -0.120. The van der Waals surface area contributed by atoms with Crippen molar-refractivity contribution in [3.63, 3.8) is 0 Å². The zero-order chi connectivity index (χ0) is 12.1. The highest BCUT2D eigenvalue weighted by molar-refractivity contribution is 4.86. The molecule has 3 nitrogen and oxygen atoms in total. The van der Waals surface area contributed by atoms with Crippen molar-refractivity contribution in [1.82, 2.24) is 4.90 Å². The fourth-order valence-corrected chi connectivity index (χ4v) is 2.29. The quantitative estimate of drug-likeness (QED) is 0.728. The summed E-state index contributed by atoms with van der Waals surface area (Å²) in [5, 5.41) is 0.